The highest BCUT2D eigenvalue weighted by atomic mass is 127. The average molecular weight is 323 g/mol. The minimum atomic E-state index is -0.894. The molecule has 1 aromatic rings. The number of carboxylic acid groups (broad SMARTS) is 1. The van der Waals surface area contributed by atoms with Gasteiger partial charge in [-0.25, -0.2) is 4.79 Å². The van der Waals surface area contributed by atoms with Crippen molar-refractivity contribution >= 4 is 34.5 Å². The van der Waals surface area contributed by atoms with Crippen LogP contribution in [0.1, 0.15) is 16.9 Å². The fourth-order valence-corrected chi connectivity index (χ4v) is 1.78. The summed E-state index contributed by atoms with van der Waals surface area (Å²) in [5, 5.41) is 8.54. The summed E-state index contributed by atoms with van der Waals surface area (Å²) < 4.78 is 7.05. The van der Waals surface area contributed by atoms with E-state index in [-0.39, 0.29) is 13.0 Å². The molecule has 1 rings (SSSR count). The molecule has 0 unspecified atom stereocenters. The van der Waals surface area contributed by atoms with Crippen molar-refractivity contribution in [2.24, 2.45) is 0 Å². The molecule has 0 aliphatic heterocycles. The van der Waals surface area contributed by atoms with Crippen molar-refractivity contribution in [1.82, 2.24) is 4.57 Å². The van der Waals surface area contributed by atoms with Crippen LogP contribution >= 0.6 is 22.6 Å². The third-order valence-electron chi connectivity index (χ3n) is 1.82. The van der Waals surface area contributed by atoms with Gasteiger partial charge in [0.15, 0.2) is 0 Å². The highest BCUT2D eigenvalue weighted by Crippen LogP contribution is 2.12. The molecule has 0 bridgehead atoms. The molecule has 0 spiro atoms. The van der Waals surface area contributed by atoms with Gasteiger partial charge in [-0.1, -0.05) is 0 Å². The van der Waals surface area contributed by atoms with Crippen molar-refractivity contribution in [2.45, 2.75) is 13.0 Å². The van der Waals surface area contributed by atoms with E-state index in [0.29, 0.717) is 5.69 Å². The molecule has 1 heterocycles. The van der Waals surface area contributed by atoms with E-state index in [1.54, 1.807) is 16.8 Å². The molecular weight excluding hydrogens is 313 g/mol. The molecule has 0 atom stereocenters. The van der Waals surface area contributed by atoms with Crippen LogP contribution in [0.15, 0.2) is 12.3 Å². The quantitative estimate of drug-likeness (QED) is 0.671. The number of halogens is 1. The summed E-state index contributed by atoms with van der Waals surface area (Å²) >= 11 is 2.06. The number of hydrogen-bond acceptors (Lipinski definition) is 3. The molecule has 0 saturated carbocycles. The van der Waals surface area contributed by atoms with Gasteiger partial charge in [0.1, 0.15) is 5.69 Å². The Hall–Kier alpha value is -1.05. The van der Waals surface area contributed by atoms with Gasteiger partial charge in [0.05, 0.1) is 13.5 Å². The van der Waals surface area contributed by atoms with E-state index in [2.05, 4.69) is 27.3 Å². The lowest BCUT2D eigenvalue weighted by Crippen LogP contribution is -2.12. The highest BCUT2D eigenvalue weighted by Gasteiger charge is 2.13. The van der Waals surface area contributed by atoms with Crippen LogP contribution < -0.4 is 0 Å². The molecule has 0 amide bonds. The number of aromatic nitrogens is 1. The van der Waals surface area contributed by atoms with E-state index in [0.717, 1.165) is 3.57 Å². The molecule has 1 N–H and O–H groups in total. The Kier molecular flexibility index (Phi) is 4.13. The number of aryl methyl sites for hydroxylation is 1. The van der Waals surface area contributed by atoms with Gasteiger partial charge in [-0.3, -0.25) is 4.79 Å². The van der Waals surface area contributed by atoms with Gasteiger partial charge in [-0.05, 0) is 28.7 Å². The largest absolute Gasteiger partial charge is 0.481 e. The number of carbonyl (C=O) groups is 2. The monoisotopic (exact) mass is 323 g/mol. The van der Waals surface area contributed by atoms with Crippen molar-refractivity contribution in [3.63, 3.8) is 0 Å². The molecule has 0 fully saturated rings. The molecule has 0 aliphatic carbocycles. The molecule has 0 saturated heterocycles. The first-order valence-corrected chi connectivity index (χ1v) is 5.28. The van der Waals surface area contributed by atoms with Crippen LogP contribution in [0.4, 0.5) is 0 Å². The maximum atomic E-state index is 11.3. The van der Waals surface area contributed by atoms with Crippen LogP contribution in [-0.2, 0) is 16.1 Å². The van der Waals surface area contributed by atoms with E-state index in [9.17, 15) is 9.59 Å². The predicted molar refractivity (Wildman–Crippen MR) is 60.7 cm³/mol. The minimum Gasteiger partial charge on any atom is -0.481 e. The maximum absolute atomic E-state index is 11.3. The second kappa shape index (κ2) is 5.15. The highest BCUT2D eigenvalue weighted by molar-refractivity contribution is 14.1. The topological polar surface area (TPSA) is 68.5 Å². The van der Waals surface area contributed by atoms with Gasteiger partial charge in [-0.2, -0.15) is 0 Å². The van der Waals surface area contributed by atoms with Crippen LogP contribution in [0.5, 0.6) is 0 Å². The van der Waals surface area contributed by atoms with E-state index >= 15 is 0 Å². The Morgan fingerprint density at radius 2 is 2.27 bits per heavy atom. The number of carbonyl (C=O) groups excluding carboxylic acids is 1. The fraction of sp³-hybridized carbons (Fsp3) is 0.333. The van der Waals surface area contributed by atoms with Crippen molar-refractivity contribution < 1.29 is 19.4 Å². The van der Waals surface area contributed by atoms with Gasteiger partial charge < -0.3 is 14.4 Å². The number of methoxy groups -OCH3 is 1. The lowest BCUT2D eigenvalue weighted by Gasteiger charge is -2.04. The summed E-state index contributed by atoms with van der Waals surface area (Å²) in [7, 11) is 1.30. The van der Waals surface area contributed by atoms with Crippen LogP contribution in [0, 0.1) is 3.57 Å². The van der Waals surface area contributed by atoms with Crippen molar-refractivity contribution in [3.8, 4) is 0 Å². The Labute approximate surface area is 100 Å². The second-order valence-corrected chi connectivity index (χ2v) is 4.12. The molecule has 5 nitrogen and oxygen atoms in total. The molecule has 1 aromatic heterocycles. The summed E-state index contributed by atoms with van der Waals surface area (Å²) in [4.78, 5) is 21.7. The summed E-state index contributed by atoms with van der Waals surface area (Å²) in [5.74, 6) is -1.35. The number of aliphatic carboxylic acids is 1. The number of esters is 1. The predicted octanol–water partition coefficient (Wildman–Crippen LogP) is 1.35. The lowest BCUT2D eigenvalue weighted by molar-refractivity contribution is -0.137. The second-order valence-electron chi connectivity index (χ2n) is 2.87. The van der Waals surface area contributed by atoms with Gasteiger partial charge in [0.25, 0.3) is 0 Å². The number of ether oxygens (including phenoxy) is 1. The Balaban J connectivity index is 2.86. The standard InChI is InChI=1S/C9H10INO4/c1-15-9(14)7-4-6(10)5-11(7)3-2-8(12)13/h4-5H,2-3H2,1H3,(H,12,13). The third-order valence-corrected chi connectivity index (χ3v) is 2.41. The summed E-state index contributed by atoms with van der Waals surface area (Å²) in [5.41, 5.74) is 0.378. The minimum absolute atomic E-state index is 0.0191. The number of nitrogens with zero attached hydrogens (tertiary/aromatic N) is 1. The molecule has 0 aliphatic rings. The summed E-state index contributed by atoms with van der Waals surface area (Å²) in [6.07, 6.45) is 1.70. The third kappa shape index (κ3) is 3.22. The van der Waals surface area contributed by atoms with Crippen LogP contribution in [0.3, 0.4) is 0 Å². The summed E-state index contributed by atoms with van der Waals surface area (Å²) in [6.45, 7) is 0.267. The molecule has 0 radical (unpaired) electrons. The first-order chi connectivity index (χ1) is 7.04. The van der Waals surface area contributed by atoms with Crippen LogP contribution in [-0.4, -0.2) is 28.7 Å². The van der Waals surface area contributed by atoms with E-state index in [1.807, 2.05) is 0 Å². The first kappa shape index (κ1) is 12.0. The molecule has 15 heavy (non-hydrogen) atoms. The van der Waals surface area contributed by atoms with E-state index in [4.69, 9.17) is 5.11 Å². The van der Waals surface area contributed by atoms with Gasteiger partial charge in [0.2, 0.25) is 0 Å². The van der Waals surface area contributed by atoms with Gasteiger partial charge in [-0.15, -0.1) is 0 Å². The number of carboxylic acids is 1. The first-order valence-electron chi connectivity index (χ1n) is 4.20. The van der Waals surface area contributed by atoms with E-state index in [1.165, 1.54) is 7.11 Å². The number of hydrogen-bond donors (Lipinski definition) is 1. The molecule has 82 valence electrons. The number of rotatable bonds is 4. The fourth-order valence-electron chi connectivity index (χ4n) is 1.15. The van der Waals surface area contributed by atoms with Crippen LogP contribution in [0.25, 0.3) is 0 Å². The zero-order valence-corrected chi connectivity index (χ0v) is 10.2. The van der Waals surface area contributed by atoms with Crippen LogP contribution in [0.2, 0.25) is 0 Å². The zero-order valence-electron chi connectivity index (χ0n) is 8.07. The maximum Gasteiger partial charge on any atom is 0.354 e. The van der Waals surface area contributed by atoms with Crippen molar-refractivity contribution in [2.75, 3.05) is 7.11 Å². The average Bonchev–Trinajstić information content (AvgIpc) is 2.55. The van der Waals surface area contributed by atoms with Gasteiger partial charge in [0, 0.05) is 16.3 Å². The normalized spacial score (nSPS) is 10.0. The Morgan fingerprint density at radius 1 is 1.60 bits per heavy atom. The van der Waals surface area contributed by atoms with E-state index < -0.39 is 11.9 Å². The zero-order chi connectivity index (χ0) is 11.4. The van der Waals surface area contributed by atoms with Gasteiger partial charge >= 0.3 is 11.9 Å². The SMILES string of the molecule is COC(=O)c1cc(I)cn1CCC(=O)O. The summed E-state index contributed by atoms with van der Waals surface area (Å²) in [6, 6.07) is 1.66. The lowest BCUT2D eigenvalue weighted by atomic mass is 10.4. The molecule has 0 aromatic carbocycles. The van der Waals surface area contributed by atoms with Crippen molar-refractivity contribution in [1.29, 1.82) is 0 Å². The molecular formula is C9H10INO4. The Morgan fingerprint density at radius 3 is 2.80 bits per heavy atom. The molecule has 6 heteroatoms. The Bertz CT molecular complexity index is 385. The van der Waals surface area contributed by atoms with Crippen molar-refractivity contribution in [3.05, 3.63) is 21.5 Å². The smallest absolute Gasteiger partial charge is 0.354 e.